The van der Waals surface area contributed by atoms with Crippen molar-refractivity contribution in [3.63, 3.8) is 0 Å². The second kappa shape index (κ2) is 7.68. The third kappa shape index (κ3) is 4.38. The van der Waals surface area contributed by atoms with Crippen molar-refractivity contribution in [2.24, 2.45) is 11.8 Å². The van der Waals surface area contributed by atoms with E-state index in [4.69, 9.17) is 0 Å². The summed E-state index contributed by atoms with van der Waals surface area (Å²) in [5.74, 6) is -0.307. The normalized spacial score (nSPS) is 24.1. The first kappa shape index (κ1) is 17.5. The molecule has 0 heterocycles. The van der Waals surface area contributed by atoms with E-state index in [1.54, 1.807) is 0 Å². The van der Waals surface area contributed by atoms with Gasteiger partial charge in [-0.15, -0.1) is 0 Å². The molecule has 2 saturated carbocycles. The number of nitrogens with one attached hydrogen (secondary N) is 2. The van der Waals surface area contributed by atoms with Crippen LogP contribution in [-0.2, 0) is 9.59 Å². The van der Waals surface area contributed by atoms with Gasteiger partial charge in [-0.05, 0) is 49.9 Å². The molecule has 2 aliphatic carbocycles. The molecule has 2 unspecified atom stereocenters. The summed E-state index contributed by atoms with van der Waals surface area (Å²) in [6.07, 6.45) is 7.76. The Morgan fingerprint density at radius 2 is 1.71 bits per heavy atom. The molecule has 1 aromatic carbocycles. The fourth-order valence-electron chi connectivity index (χ4n) is 3.50. The summed E-state index contributed by atoms with van der Waals surface area (Å²) < 4.78 is 0.991. The maximum absolute atomic E-state index is 12.4. The SMILES string of the molecule is Cc1cc(Br)ccc1NC(=O)C1CC1C(=O)NC1CCCCCC1. The van der Waals surface area contributed by atoms with E-state index in [2.05, 4.69) is 26.6 Å². The van der Waals surface area contributed by atoms with Crippen LogP contribution >= 0.6 is 15.9 Å². The maximum Gasteiger partial charge on any atom is 0.228 e. The molecule has 2 atom stereocenters. The van der Waals surface area contributed by atoms with Crippen LogP contribution in [0.25, 0.3) is 0 Å². The average Bonchev–Trinajstić information content (AvgIpc) is 3.34. The molecule has 0 aliphatic heterocycles. The fraction of sp³-hybridized carbons (Fsp3) is 0.579. The third-order valence-electron chi connectivity index (χ3n) is 5.11. The van der Waals surface area contributed by atoms with Gasteiger partial charge in [0.1, 0.15) is 0 Å². The molecule has 3 rings (SSSR count). The molecular formula is C19H25BrN2O2. The third-order valence-corrected chi connectivity index (χ3v) is 5.61. The zero-order valence-corrected chi connectivity index (χ0v) is 15.7. The van der Waals surface area contributed by atoms with Crippen molar-refractivity contribution >= 4 is 33.4 Å². The highest BCUT2D eigenvalue weighted by Gasteiger charge is 2.48. The Kier molecular flexibility index (Phi) is 5.59. The van der Waals surface area contributed by atoms with Gasteiger partial charge in [0, 0.05) is 16.2 Å². The van der Waals surface area contributed by atoms with Gasteiger partial charge >= 0.3 is 0 Å². The van der Waals surface area contributed by atoms with E-state index in [1.165, 1.54) is 25.7 Å². The molecule has 24 heavy (non-hydrogen) atoms. The summed E-state index contributed by atoms with van der Waals surface area (Å²) in [4.78, 5) is 24.7. The van der Waals surface area contributed by atoms with Crippen LogP contribution in [0.2, 0.25) is 0 Å². The monoisotopic (exact) mass is 392 g/mol. The lowest BCUT2D eigenvalue weighted by molar-refractivity contribution is -0.125. The Labute approximate surface area is 151 Å². The van der Waals surface area contributed by atoms with Crippen molar-refractivity contribution in [2.75, 3.05) is 5.32 Å². The smallest absolute Gasteiger partial charge is 0.228 e. The van der Waals surface area contributed by atoms with E-state index in [9.17, 15) is 9.59 Å². The predicted octanol–water partition coefficient (Wildman–Crippen LogP) is 4.17. The van der Waals surface area contributed by atoms with E-state index >= 15 is 0 Å². The highest BCUT2D eigenvalue weighted by atomic mass is 79.9. The Morgan fingerprint density at radius 3 is 2.38 bits per heavy atom. The molecule has 4 nitrogen and oxygen atoms in total. The Morgan fingerprint density at radius 1 is 1.04 bits per heavy atom. The Balaban J connectivity index is 1.50. The van der Waals surface area contributed by atoms with Crippen molar-refractivity contribution < 1.29 is 9.59 Å². The maximum atomic E-state index is 12.4. The van der Waals surface area contributed by atoms with Gasteiger partial charge < -0.3 is 10.6 Å². The highest BCUT2D eigenvalue weighted by Crippen LogP contribution is 2.40. The number of carbonyl (C=O) groups is 2. The minimum atomic E-state index is -0.182. The van der Waals surface area contributed by atoms with E-state index in [0.717, 1.165) is 28.6 Å². The van der Waals surface area contributed by atoms with Gasteiger partial charge in [-0.25, -0.2) is 0 Å². The van der Waals surface area contributed by atoms with Crippen LogP contribution in [0.5, 0.6) is 0 Å². The molecule has 0 saturated heterocycles. The molecule has 0 aromatic heterocycles. The van der Waals surface area contributed by atoms with Crippen LogP contribution in [0.1, 0.15) is 50.5 Å². The van der Waals surface area contributed by atoms with Crippen molar-refractivity contribution in [3.8, 4) is 0 Å². The van der Waals surface area contributed by atoms with Gasteiger partial charge in [-0.2, -0.15) is 0 Å². The topological polar surface area (TPSA) is 58.2 Å². The number of hydrogen-bond donors (Lipinski definition) is 2. The molecule has 2 fully saturated rings. The molecule has 0 spiro atoms. The lowest BCUT2D eigenvalue weighted by atomic mass is 10.1. The molecule has 2 aliphatic rings. The molecule has 0 bridgehead atoms. The number of halogens is 1. The number of amides is 2. The molecule has 2 N–H and O–H groups in total. The molecule has 130 valence electrons. The van der Waals surface area contributed by atoms with Gasteiger partial charge in [0.05, 0.1) is 11.8 Å². The zero-order valence-electron chi connectivity index (χ0n) is 14.1. The van der Waals surface area contributed by atoms with Gasteiger partial charge in [0.25, 0.3) is 0 Å². The number of anilines is 1. The number of benzene rings is 1. The summed E-state index contributed by atoms with van der Waals surface area (Å²) in [6.45, 7) is 1.96. The highest BCUT2D eigenvalue weighted by molar-refractivity contribution is 9.10. The van der Waals surface area contributed by atoms with E-state index in [-0.39, 0.29) is 23.7 Å². The van der Waals surface area contributed by atoms with Gasteiger partial charge in [-0.1, -0.05) is 41.6 Å². The average molecular weight is 393 g/mol. The number of hydrogen-bond acceptors (Lipinski definition) is 2. The van der Waals surface area contributed by atoms with Crippen molar-refractivity contribution in [3.05, 3.63) is 28.2 Å². The lowest BCUT2D eigenvalue weighted by Gasteiger charge is -2.16. The summed E-state index contributed by atoms with van der Waals surface area (Å²) in [5.41, 5.74) is 1.83. The number of rotatable bonds is 4. The lowest BCUT2D eigenvalue weighted by Crippen LogP contribution is -2.36. The van der Waals surface area contributed by atoms with Gasteiger partial charge in [-0.3, -0.25) is 9.59 Å². The van der Waals surface area contributed by atoms with E-state index in [0.29, 0.717) is 12.5 Å². The minimum Gasteiger partial charge on any atom is -0.353 e. The van der Waals surface area contributed by atoms with Gasteiger partial charge in [0.2, 0.25) is 11.8 Å². The zero-order chi connectivity index (χ0) is 17.1. The molecule has 0 radical (unpaired) electrons. The van der Waals surface area contributed by atoms with Crippen molar-refractivity contribution in [2.45, 2.75) is 57.9 Å². The summed E-state index contributed by atoms with van der Waals surface area (Å²) >= 11 is 3.42. The largest absolute Gasteiger partial charge is 0.353 e. The Bertz CT molecular complexity index is 624. The van der Waals surface area contributed by atoms with E-state index < -0.39 is 0 Å². The number of aryl methyl sites for hydroxylation is 1. The fourth-order valence-corrected chi connectivity index (χ4v) is 3.97. The van der Waals surface area contributed by atoms with Crippen LogP contribution in [-0.4, -0.2) is 17.9 Å². The van der Waals surface area contributed by atoms with Crippen LogP contribution in [0.4, 0.5) is 5.69 Å². The van der Waals surface area contributed by atoms with Crippen LogP contribution in [0, 0.1) is 18.8 Å². The quantitative estimate of drug-likeness (QED) is 0.755. The second-order valence-corrected chi connectivity index (χ2v) is 8.01. The van der Waals surface area contributed by atoms with Crippen molar-refractivity contribution in [1.29, 1.82) is 0 Å². The molecule has 1 aromatic rings. The second-order valence-electron chi connectivity index (χ2n) is 7.09. The first-order chi connectivity index (χ1) is 11.5. The van der Waals surface area contributed by atoms with Crippen molar-refractivity contribution in [1.82, 2.24) is 5.32 Å². The minimum absolute atomic E-state index is 0.0403. The summed E-state index contributed by atoms with van der Waals surface area (Å²) in [7, 11) is 0. The van der Waals surface area contributed by atoms with Gasteiger partial charge in [0.15, 0.2) is 0 Å². The standard InChI is InChI=1S/C19H25BrN2O2/c1-12-10-13(20)8-9-17(12)22-19(24)16-11-15(16)18(23)21-14-6-4-2-3-5-7-14/h8-10,14-16H,2-7,11H2,1H3,(H,21,23)(H,22,24). The van der Waals surface area contributed by atoms with Crippen LogP contribution < -0.4 is 10.6 Å². The predicted molar refractivity (Wildman–Crippen MR) is 98.7 cm³/mol. The van der Waals surface area contributed by atoms with E-state index in [1.807, 2.05) is 25.1 Å². The molecule has 2 amide bonds. The summed E-state index contributed by atoms with van der Waals surface area (Å²) in [5, 5.41) is 6.12. The first-order valence-corrected chi connectivity index (χ1v) is 9.71. The van der Waals surface area contributed by atoms with Crippen LogP contribution in [0.3, 0.4) is 0 Å². The summed E-state index contributed by atoms with van der Waals surface area (Å²) in [6, 6.07) is 6.07. The number of carbonyl (C=O) groups excluding carboxylic acids is 2. The van der Waals surface area contributed by atoms with Crippen LogP contribution in [0.15, 0.2) is 22.7 Å². The first-order valence-electron chi connectivity index (χ1n) is 8.92. The Hall–Kier alpha value is -1.36. The molecule has 5 heteroatoms. The molecular weight excluding hydrogens is 368 g/mol.